The van der Waals surface area contributed by atoms with Crippen molar-refractivity contribution in [3.8, 4) is 0 Å². The minimum atomic E-state index is -0.288. The number of hydrogen-bond donors (Lipinski definition) is 1. The van der Waals surface area contributed by atoms with Crippen LogP contribution in [0.1, 0.15) is 34.4 Å². The molecule has 2 aromatic rings. The maximum Gasteiger partial charge on any atom is 0.348 e. The molecule has 0 aromatic carbocycles. The van der Waals surface area contributed by atoms with Crippen LogP contribution in [0.4, 0.5) is 5.82 Å². The van der Waals surface area contributed by atoms with Gasteiger partial charge in [0.1, 0.15) is 21.3 Å². The Morgan fingerprint density at radius 3 is 2.81 bits per heavy atom. The van der Waals surface area contributed by atoms with Crippen molar-refractivity contribution in [2.24, 2.45) is 0 Å². The monoisotopic (exact) mass is 378 g/mol. The summed E-state index contributed by atoms with van der Waals surface area (Å²) in [6.07, 6.45) is 1.03. The summed E-state index contributed by atoms with van der Waals surface area (Å²) in [7, 11) is 0. The predicted molar refractivity (Wildman–Crippen MR) is 103 cm³/mol. The lowest BCUT2D eigenvalue weighted by Crippen LogP contribution is -2.37. The molecular formula is C18H26N4O3S. The van der Waals surface area contributed by atoms with Gasteiger partial charge in [0, 0.05) is 19.6 Å². The largest absolute Gasteiger partial charge is 0.462 e. The molecule has 3 heterocycles. The van der Waals surface area contributed by atoms with Gasteiger partial charge in [0.25, 0.3) is 0 Å². The molecule has 1 aliphatic rings. The standard InChI is InChI=1S/C18H26N4O3S/c1-4-25-18(23)15-12(2)14-16(20-13(3)21-17(14)26-15)19-6-5-7-22-8-10-24-11-9-22/h4-11H2,1-3H3,(H,19,20,21). The third-order valence-electron chi connectivity index (χ3n) is 4.41. The highest BCUT2D eigenvalue weighted by Gasteiger charge is 2.20. The number of fused-ring (bicyclic) bond motifs is 1. The van der Waals surface area contributed by atoms with Crippen LogP contribution in [0.3, 0.4) is 0 Å². The molecule has 0 saturated carbocycles. The summed E-state index contributed by atoms with van der Waals surface area (Å²) in [6.45, 7) is 11.5. The Balaban J connectivity index is 1.71. The number of morpholine rings is 1. The first-order chi connectivity index (χ1) is 12.6. The van der Waals surface area contributed by atoms with E-state index >= 15 is 0 Å². The highest BCUT2D eigenvalue weighted by atomic mass is 32.1. The number of rotatable bonds is 7. The number of anilines is 1. The van der Waals surface area contributed by atoms with Gasteiger partial charge in [-0.1, -0.05) is 0 Å². The molecule has 142 valence electrons. The summed E-state index contributed by atoms with van der Waals surface area (Å²) in [6, 6.07) is 0. The van der Waals surface area contributed by atoms with Crippen molar-refractivity contribution in [3.63, 3.8) is 0 Å². The molecule has 0 bridgehead atoms. The SMILES string of the molecule is CCOC(=O)c1sc2nc(C)nc(NCCCN3CCOCC3)c2c1C. The van der Waals surface area contributed by atoms with Gasteiger partial charge in [0.2, 0.25) is 0 Å². The molecule has 8 heteroatoms. The van der Waals surface area contributed by atoms with Crippen LogP contribution in [-0.4, -0.2) is 66.8 Å². The fraction of sp³-hybridized carbons (Fsp3) is 0.611. The Morgan fingerprint density at radius 1 is 1.31 bits per heavy atom. The van der Waals surface area contributed by atoms with E-state index in [9.17, 15) is 4.79 Å². The number of esters is 1. The zero-order valence-corrected chi connectivity index (χ0v) is 16.4. The van der Waals surface area contributed by atoms with Crippen molar-refractivity contribution in [1.82, 2.24) is 14.9 Å². The number of ether oxygens (including phenoxy) is 2. The third kappa shape index (κ3) is 4.31. The highest BCUT2D eigenvalue weighted by molar-refractivity contribution is 7.20. The van der Waals surface area contributed by atoms with Gasteiger partial charge in [-0.25, -0.2) is 14.8 Å². The van der Waals surface area contributed by atoms with Crippen LogP contribution in [0, 0.1) is 13.8 Å². The number of thiophene rings is 1. The average molecular weight is 378 g/mol. The van der Waals surface area contributed by atoms with Crippen LogP contribution in [0.5, 0.6) is 0 Å². The quantitative estimate of drug-likeness (QED) is 0.586. The van der Waals surface area contributed by atoms with Crippen molar-refractivity contribution in [3.05, 3.63) is 16.3 Å². The number of aromatic nitrogens is 2. The van der Waals surface area contributed by atoms with E-state index in [4.69, 9.17) is 9.47 Å². The summed E-state index contributed by atoms with van der Waals surface area (Å²) >= 11 is 1.37. The Kier molecular flexibility index (Phi) is 6.39. The lowest BCUT2D eigenvalue weighted by Gasteiger charge is -2.26. The molecule has 1 fully saturated rings. The van der Waals surface area contributed by atoms with Gasteiger partial charge in [-0.15, -0.1) is 11.3 Å². The van der Waals surface area contributed by atoms with Gasteiger partial charge in [0.15, 0.2) is 0 Å². The molecule has 0 radical (unpaired) electrons. The first kappa shape index (κ1) is 19.0. The first-order valence-electron chi connectivity index (χ1n) is 9.09. The van der Waals surface area contributed by atoms with E-state index in [-0.39, 0.29) is 5.97 Å². The van der Waals surface area contributed by atoms with Crippen LogP contribution in [0.25, 0.3) is 10.2 Å². The number of nitrogens with zero attached hydrogens (tertiary/aromatic N) is 3. The topological polar surface area (TPSA) is 76.6 Å². The summed E-state index contributed by atoms with van der Waals surface area (Å²) in [5, 5.41) is 4.36. The lowest BCUT2D eigenvalue weighted by atomic mass is 10.2. The Morgan fingerprint density at radius 2 is 2.08 bits per heavy atom. The van der Waals surface area contributed by atoms with Crippen LogP contribution in [-0.2, 0) is 9.47 Å². The molecule has 26 heavy (non-hydrogen) atoms. The molecule has 0 atom stereocenters. The van der Waals surface area contributed by atoms with Gasteiger partial charge in [-0.2, -0.15) is 0 Å². The van der Waals surface area contributed by atoms with Crippen molar-refractivity contribution < 1.29 is 14.3 Å². The third-order valence-corrected chi connectivity index (χ3v) is 5.58. The van der Waals surface area contributed by atoms with E-state index in [1.165, 1.54) is 11.3 Å². The first-order valence-corrected chi connectivity index (χ1v) is 9.90. The smallest absolute Gasteiger partial charge is 0.348 e. The van der Waals surface area contributed by atoms with Crippen molar-refractivity contribution in [1.29, 1.82) is 0 Å². The molecule has 7 nitrogen and oxygen atoms in total. The summed E-state index contributed by atoms with van der Waals surface area (Å²) < 4.78 is 10.5. The van der Waals surface area contributed by atoms with Gasteiger partial charge in [-0.05, 0) is 39.3 Å². The number of aryl methyl sites for hydroxylation is 2. The van der Waals surface area contributed by atoms with E-state index in [0.717, 1.165) is 67.4 Å². The van der Waals surface area contributed by atoms with Crippen molar-refractivity contribution in [2.75, 3.05) is 51.3 Å². The lowest BCUT2D eigenvalue weighted by molar-refractivity contribution is 0.0378. The van der Waals surface area contributed by atoms with E-state index in [2.05, 4.69) is 20.2 Å². The Labute approximate surface area is 157 Å². The highest BCUT2D eigenvalue weighted by Crippen LogP contribution is 2.34. The molecule has 3 rings (SSSR count). The number of carbonyl (C=O) groups excluding carboxylic acids is 1. The van der Waals surface area contributed by atoms with Gasteiger partial charge < -0.3 is 14.8 Å². The second-order valence-corrected chi connectivity index (χ2v) is 7.31. The zero-order valence-electron chi connectivity index (χ0n) is 15.6. The predicted octanol–water partition coefficient (Wildman–Crippen LogP) is 2.62. The minimum absolute atomic E-state index is 0.288. The second kappa shape index (κ2) is 8.75. The molecule has 0 unspecified atom stereocenters. The molecule has 0 amide bonds. The molecule has 0 aliphatic carbocycles. The fourth-order valence-electron chi connectivity index (χ4n) is 3.10. The van der Waals surface area contributed by atoms with Gasteiger partial charge in [-0.3, -0.25) is 4.90 Å². The summed E-state index contributed by atoms with van der Waals surface area (Å²) in [5.74, 6) is 1.22. The second-order valence-electron chi connectivity index (χ2n) is 6.31. The maximum absolute atomic E-state index is 12.2. The molecule has 0 spiro atoms. The van der Waals surface area contributed by atoms with Crippen LogP contribution in [0.15, 0.2) is 0 Å². The number of hydrogen-bond acceptors (Lipinski definition) is 8. The van der Waals surface area contributed by atoms with Crippen LogP contribution in [0.2, 0.25) is 0 Å². The van der Waals surface area contributed by atoms with Gasteiger partial charge in [0.05, 0.1) is 25.2 Å². The molecule has 1 N–H and O–H groups in total. The van der Waals surface area contributed by atoms with Crippen molar-refractivity contribution in [2.45, 2.75) is 27.2 Å². The minimum Gasteiger partial charge on any atom is -0.462 e. The van der Waals surface area contributed by atoms with Gasteiger partial charge >= 0.3 is 5.97 Å². The number of carbonyl (C=O) groups is 1. The summed E-state index contributed by atoms with van der Waals surface area (Å²) in [4.78, 5) is 25.1. The zero-order chi connectivity index (χ0) is 18.5. The van der Waals surface area contributed by atoms with E-state index < -0.39 is 0 Å². The van der Waals surface area contributed by atoms with Crippen LogP contribution < -0.4 is 5.32 Å². The Hall–Kier alpha value is -1.77. The number of nitrogens with one attached hydrogen (secondary N) is 1. The van der Waals surface area contributed by atoms with E-state index in [1.54, 1.807) is 0 Å². The van der Waals surface area contributed by atoms with E-state index in [0.29, 0.717) is 17.3 Å². The fourth-order valence-corrected chi connectivity index (χ4v) is 4.22. The molecule has 1 aliphatic heterocycles. The molecule has 1 saturated heterocycles. The molecule has 2 aromatic heterocycles. The normalized spacial score (nSPS) is 15.3. The van der Waals surface area contributed by atoms with E-state index in [1.807, 2.05) is 20.8 Å². The maximum atomic E-state index is 12.2. The summed E-state index contributed by atoms with van der Waals surface area (Å²) in [5.41, 5.74) is 0.888. The van der Waals surface area contributed by atoms with Crippen LogP contribution >= 0.6 is 11.3 Å². The van der Waals surface area contributed by atoms with Crippen molar-refractivity contribution >= 4 is 33.3 Å². The Bertz CT molecular complexity index is 771. The average Bonchev–Trinajstić information content (AvgIpc) is 2.96. The molecular weight excluding hydrogens is 352 g/mol.